The largest absolute Gasteiger partial charge is 0.276 e. The predicted octanol–water partition coefficient (Wildman–Crippen LogP) is 6.12. The number of nitrogens with zero attached hydrogens (tertiary/aromatic N) is 6. The quantitative estimate of drug-likeness (QED) is 0.320. The zero-order valence-corrected chi connectivity index (χ0v) is 19.7. The van der Waals surface area contributed by atoms with Gasteiger partial charge < -0.3 is 0 Å². The van der Waals surface area contributed by atoms with Crippen molar-refractivity contribution >= 4 is 28.3 Å². The van der Waals surface area contributed by atoms with Gasteiger partial charge in [0.2, 0.25) is 0 Å². The van der Waals surface area contributed by atoms with Crippen molar-refractivity contribution in [3.8, 4) is 11.3 Å². The molecule has 1 aromatic carbocycles. The zero-order chi connectivity index (χ0) is 22.4. The molecule has 6 rings (SSSR count). The summed E-state index contributed by atoms with van der Waals surface area (Å²) in [5, 5.41) is 15.4. The third-order valence-electron chi connectivity index (χ3n) is 6.85. The highest BCUT2D eigenvalue weighted by molar-refractivity contribution is 7.99. The van der Waals surface area contributed by atoms with Crippen molar-refractivity contribution in [2.45, 2.75) is 48.6 Å². The van der Waals surface area contributed by atoms with Gasteiger partial charge in [0.1, 0.15) is 0 Å². The van der Waals surface area contributed by atoms with Crippen LogP contribution in [0.5, 0.6) is 0 Å². The number of hydrogen-bond acceptors (Lipinski definition) is 5. The molecule has 4 heterocycles. The van der Waals surface area contributed by atoms with Crippen molar-refractivity contribution in [2.24, 2.45) is 13.0 Å². The maximum absolute atomic E-state index is 4.76. The maximum Gasteiger partial charge on any atom is 0.200 e. The molecule has 0 saturated heterocycles. The van der Waals surface area contributed by atoms with Crippen molar-refractivity contribution in [1.29, 1.82) is 0 Å². The fraction of sp³-hybridized carbons (Fsp3) is 0.308. The lowest BCUT2D eigenvalue weighted by atomic mass is 9.96. The average Bonchev–Trinajstić information content (AvgIpc) is 3.58. The predicted molar refractivity (Wildman–Crippen MR) is 131 cm³/mol. The summed E-state index contributed by atoms with van der Waals surface area (Å²) in [5.41, 5.74) is 5.23. The number of aryl methyl sites for hydroxylation is 1. The Morgan fingerprint density at radius 2 is 2.00 bits per heavy atom. The number of hydrogen-bond donors (Lipinski definition) is 0. The topological polar surface area (TPSA) is 60.9 Å². The van der Waals surface area contributed by atoms with E-state index >= 15 is 0 Å². The first kappa shape index (κ1) is 20.4. The van der Waals surface area contributed by atoms with Gasteiger partial charge in [0.05, 0.1) is 11.2 Å². The smallest absolute Gasteiger partial charge is 0.200 e. The van der Waals surface area contributed by atoms with Crippen LogP contribution in [-0.4, -0.2) is 29.4 Å². The molecule has 1 aliphatic carbocycles. The maximum atomic E-state index is 4.76. The Hall–Kier alpha value is -3.19. The summed E-state index contributed by atoms with van der Waals surface area (Å²) in [7, 11) is 1.93. The molecule has 2 unspecified atom stereocenters. The van der Waals surface area contributed by atoms with Crippen molar-refractivity contribution in [2.75, 3.05) is 0 Å². The highest BCUT2D eigenvalue weighted by Crippen LogP contribution is 2.40. The van der Waals surface area contributed by atoms with Gasteiger partial charge in [0.25, 0.3) is 0 Å². The van der Waals surface area contributed by atoms with Gasteiger partial charge in [-0.3, -0.25) is 14.1 Å². The lowest BCUT2D eigenvalue weighted by molar-refractivity contribution is 0.521. The van der Waals surface area contributed by atoms with Gasteiger partial charge in [-0.15, -0.1) is 10.2 Å². The number of rotatable bonds is 5. The molecule has 0 amide bonds. The van der Waals surface area contributed by atoms with Gasteiger partial charge >= 0.3 is 0 Å². The highest BCUT2D eigenvalue weighted by atomic mass is 32.2. The molecule has 5 aromatic rings. The molecule has 166 valence electrons. The summed E-state index contributed by atoms with van der Waals surface area (Å²) in [6, 6.07) is 14.8. The second-order valence-corrected chi connectivity index (χ2v) is 10.1. The molecule has 0 N–H and O–H groups in total. The molecule has 1 saturated carbocycles. The van der Waals surface area contributed by atoms with E-state index in [9.17, 15) is 0 Å². The van der Waals surface area contributed by atoms with Gasteiger partial charge in [-0.05, 0) is 90.9 Å². The molecule has 7 heteroatoms. The van der Waals surface area contributed by atoms with Gasteiger partial charge in [-0.1, -0.05) is 13.3 Å². The first-order valence-corrected chi connectivity index (χ1v) is 12.4. The third kappa shape index (κ3) is 3.91. The summed E-state index contributed by atoms with van der Waals surface area (Å²) in [4.78, 5) is 5.90. The number of aromatic nitrogens is 6. The summed E-state index contributed by atoms with van der Waals surface area (Å²) < 4.78 is 3.85. The van der Waals surface area contributed by atoms with E-state index in [0.717, 1.165) is 38.4 Å². The van der Waals surface area contributed by atoms with Crippen molar-refractivity contribution in [1.82, 2.24) is 29.4 Å². The van der Waals surface area contributed by atoms with Crippen LogP contribution in [0.1, 0.15) is 44.1 Å². The first-order chi connectivity index (χ1) is 16.2. The van der Waals surface area contributed by atoms with E-state index in [1.807, 2.05) is 40.5 Å². The lowest BCUT2D eigenvalue weighted by Crippen LogP contribution is -1.96. The van der Waals surface area contributed by atoms with E-state index < -0.39 is 0 Å². The second-order valence-electron chi connectivity index (χ2n) is 9.01. The molecule has 0 radical (unpaired) electrons. The van der Waals surface area contributed by atoms with Crippen molar-refractivity contribution < 1.29 is 0 Å². The Morgan fingerprint density at radius 3 is 2.82 bits per heavy atom. The Balaban J connectivity index is 1.31. The summed E-state index contributed by atoms with van der Waals surface area (Å²) in [6.07, 6.45) is 11.3. The van der Waals surface area contributed by atoms with E-state index in [1.54, 1.807) is 11.8 Å². The minimum absolute atomic E-state index is 0.647. The van der Waals surface area contributed by atoms with Crippen LogP contribution < -0.4 is 0 Å². The van der Waals surface area contributed by atoms with Crippen LogP contribution in [0.2, 0.25) is 0 Å². The van der Waals surface area contributed by atoms with Crippen LogP contribution in [0.4, 0.5) is 0 Å². The average molecular weight is 455 g/mol. The molecular weight excluding hydrogens is 428 g/mol. The molecule has 1 fully saturated rings. The Morgan fingerprint density at radius 1 is 1.06 bits per heavy atom. The van der Waals surface area contributed by atoms with Crippen molar-refractivity contribution in [3.63, 3.8) is 0 Å². The number of pyridine rings is 2. The molecule has 2 atom stereocenters. The van der Waals surface area contributed by atoms with Crippen molar-refractivity contribution in [3.05, 3.63) is 66.6 Å². The minimum atomic E-state index is 0.647. The summed E-state index contributed by atoms with van der Waals surface area (Å²) >= 11 is 1.63. The van der Waals surface area contributed by atoms with Crippen LogP contribution >= 0.6 is 11.8 Å². The molecular formula is C26H26N6S. The molecule has 0 aliphatic heterocycles. The standard InChI is InChI=1S/C26H26N6S/c1-3-17-4-5-18(12-17)21-13-20-14-22(7-8-23(20)27-15-21)33-26-29-28-25-9-6-19(16-32(25)26)24-10-11-31(2)30-24/h6-11,13-18H,3-5,12H2,1-2H3. The molecule has 1 aliphatic rings. The van der Waals surface area contributed by atoms with Crippen LogP contribution in [0.15, 0.2) is 71.1 Å². The Kier molecular flexibility index (Phi) is 5.14. The molecule has 0 bridgehead atoms. The highest BCUT2D eigenvalue weighted by Gasteiger charge is 2.25. The summed E-state index contributed by atoms with van der Waals surface area (Å²) in [5.74, 6) is 1.51. The molecule has 33 heavy (non-hydrogen) atoms. The van der Waals surface area contributed by atoms with Crippen LogP contribution in [-0.2, 0) is 7.05 Å². The van der Waals surface area contributed by atoms with Crippen LogP contribution in [0, 0.1) is 5.92 Å². The fourth-order valence-electron chi connectivity index (χ4n) is 4.93. The fourth-order valence-corrected chi connectivity index (χ4v) is 5.79. The lowest BCUT2D eigenvalue weighted by Gasteiger charge is -2.11. The zero-order valence-electron chi connectivity index (χ0n) is 18.8. The van der Waals surface area contributed by atoms with E-state index in [0.29, 0.717) is 5.92 Å². The van der Waals surface area contributed by atoms with Gasteiger partial charge in [-0.2, -0.15) is 5.10 Å². The Bertz CT molecular complexity index is 1450. The SMILES string of the molecule is CCC1CCC(c2cnc3ccc(Sc4nnc5ccc(-c6ccn(C)n6)cn45)cc3c2)C1. The van der Waals surface area contributed by atoms with Gasteiger partial charge in [0, 0.05) is 41.5 Å². The van der Waals surface area contributed by atoms with Crippen LogP contribution in [0.3, 0.4) is 0 Å². The normalized spacial score (nSPS) is 18.5. The van der Waals surface area contributed by atoms with E-state index in [-0.39, 0.29) is 0 Å². The van der Waals surface area contributed by atoms with E-state index in [1.165, 1.54) is 36.6 Å². The monoisotopic (exact) mass is 454 g/mol. The summed E-state index contributed by atoms with van der Waals surface area (Å²) in [6.45, 7) is 2.31. The Labute approximate surface area is 197 Å². The second kappa shape index (κ2) is 8.30. The third-order valence-corrected chi connectivity index (χ3v) is 7.80. The van der Waals surface area contributed by atoms with E-state index in [2.05, 4.69) is 58.9 Å². The number of fused-ring (bicyclic) bond motifs is 2. The first-order valence-electron chi connectivity index (χ1n) is 11.6. The molecule has 6 nitrogen and oxygen atoms in total. The molecule has 4 aromatic heterocycles. The van der Waals surface area contributed by atoms with E-state index in [4.69, 9.17) is 4.98 Å². The van der Waals surface area contributed by atoms with Crippen LogP contribution in [0.25, 0.3) is 27.8 Å². The minimum Gasteiger partial charge on any atom is -0.276 e. The molecule has 0 spiro atoms. The van der Waals surface area contributed by atoms with Gasteiger partial charge in [-0.25, -0.2) is 0 Å². The number of benzene rings is 1. The van der Waals surface area contributed by atoms with Gasteiger partial charge in [0.15, 0.2) is 10.8 Å².